The summed E-state index contributed by atoms with van der Waals surface area (Å²) in [6.07, 6.45) is 2.57. The third-order valence-corrected chi connectivity index (χ3v) is 3.77. The highest BCUT2D eigenvalue weighted by molar-refractivity contribution is 7.15. The largest absolute Gasteiger partial charge is 0.453 e. The maximum atomic E-state index is 10.7. The Morgan fingerprint density at radius 3 is 2.58 bits per heavy atom. The molecule has 0 unspecified atom stereocenters. The van der Waals surface area contributed by atoms with Crippen molar-refractivity contribution < 1.29 is 9.21 Å². The van der Waals surface area contributed by atoms with Crippen molar-refractivity contribution >= 4 is 17.6 Å². The molecule has 0 amide bonds. The number of hydrogen-bond acceptors (Lipinski definition) is 4. The molecule has 0 fully saturated rings. The van der Waals surface area contributed by atoms with Crippen LogP contribution in [0.15, 0.2) is 47.0 Å². The minimum absolute atomic E-state index is 0.338. The van der Waals surface area contributed by atoms with Crippen LogP contribution in [0.4, 0.5) is 0 Å². The van der Waals surface area contributed by atoms with Crippen LogP contribution in [0.5, 0.6) is 0 Å². The molecule has 1 aromatic carbocycles. The quantitative estimate of drug-likeness (QED) is 0.669. The number of benzene rings is 1. The van der Waals surface area contributed by atoms with E-state index >= 15 is 0 Å². The zero-order valence-corrected chi connectivity index (χ0v) is 11.1. The van der Waals surface area contributed by atoms with E-state index in [1.165, 1.54) is 0 Å². The van der Waals surface area contributed by atoms with Crippen LogP contribution in [0.1, 0.15) is 15.6 Å². The number of nitrogens with zero attached hydrogens (tertiary/aromatic N) is 1. The second-order valence-corrected chi connectivity index (χ2v) is 5.34. The first-order chi connectivity index (χ1) is 9.28. The lowest BCUT2D eigenvalue weighted by molar-refractivity contribution is 0.110. The average Bonchev–Trinajstić information content (AvgIpc) is 3.07. The zero-order valence-electron chi connectivity index (χ0n) is 10.3. The van der Waals surface area contributed by atoms with E-state index in [2.05, 4.69) is 4.98 Å². The molecule has 0 atom stereocenters. The van der Waals surface area contributed by atoms with Gasteiger partial charge in [0.25, 0.3) is 0 Å². The number of carbonyl (C=O) groups is 1. The summed E-state index contributed by atoms with van der Waals surface area (Å²) in [6.45, 7) is 1.98. The van der Waals surface area contributed by atoms with Gasteiger partial charge < -0.3 is 4.42 Å². The number of aryl methyl sites for hydroxylation is 1. The molecule has 0 aliphatic rings. The fourth-order valence-electron chi connectivity index (χ4n) is 1.96. The smallest absolute Gasteiger partial charge is 0.185 e. The summed E-state index contributed by atoms with van der Waals surface area (Å²) < 4.78 is 5.50. The normalized spacial score (nSPS) is 10.6. The lowest BCUT2D eigenvalue weighted by Gasteiger charge is -2.04. The van der Waals surface area contributed by atoms with Gasteiger partial charge in [0.05, 0.1) is 9.88 Å². The van der Waals surface area contributed by atoms with Gasteiger partial charge in [0.1, 0.15) is 5.76 Å². The first-order valence-corrected chi connectivity index (χ1v) is 6.67. The number of carbonyl (C=O) groups excluding carboxylic acids is 1. The van der Waals surface area contributed by atoms with Crippen molar-refractivity contribution in [3.63, 3.8) is 0 Å². The van der Waals surface area contributed by atoms with Crippen molar-refractivity contribution in [2.24, 2.45) is 0 Å². The van der Waals surface area contributed by atoms with Crippen LogP contribution < -0.4 is 0 Å². The molecule has 0 spiro atoms. The van der Waals surface area contributed by atoms with Gasteiger partial charge >= 0.3 is 0 Å². The summed E-state index contributed by atoms with van der Waals surface area (Å²) in [4.78, 5) is 16.1. The van der Waals surface area contributed by atoms with Gasteiger partial charge in [-0.1, -0.05) is 24.3 Å². The highest BCUT2D eigenvalue weighted by Crippen LogP contribution is 2.35. The van der Waals surface area contributed by atoms with Gasteiger partial charge in [-0.2, -0.15) is 0 Å². The highest BCUT2D eigenvalue weighted by Gasteiger charge is 2.12. The number of rotatable bonds is 3. The second kappa shape index (κ2) is 4.82. The van der Waals surface area contributed by atoms with Crippen molar-refractivity contribution in [1.29, 1.82) is 0 Å². The average molecular weight is 269 g/mol. The Balaban J connectivity index is 2.14. The summed E-state index contributed by atoms with van der Waals surface area (Å²) in [5, 5.41) is 1.03. The molecule has 94 valence electrons. The molecule has 0 aliphatic carbocycles. The highest BCUT2D eigenvalue weighted by atomic mass is 32.1. The molecule has 0 bridgehead atoms. The third-order valence-electron chi connectivity index (χ3n) is 2.82. The Hall–Kier alpha value is -2.20. The van der Waals surface area contributed by atoms with E-state index in [4.69, 9.17) is 4.42 Å². The molecule has 0 saturated carbocycles. The zero-order chi connectivity index (χ0) is 13.2. The maximum Gasteiger partial charge on any atom is 0.185 e. The van der Waals surface area contributed by atoms with Crippen molar-refractivity contribution in [3.05, 3.63) is 53.4 Å². The molecular formula is C15H11NO2S. The first kappa shape index (κ1) is 11.9. The van der Waals surface area contributed by atoms with Gasteiger partial charge in [0, 0.05) is 17.3 Å². The van der Waals surface area contributed by atoms with Crippen LogP contribution >= 0.6 is 11.3 Å². The van der Waals surface area contributed by atoms with Crippen molar-refractivity contribution in [2.75, 3.05) is 0 Å². The van der Waals surface area contributed by atoms with E-state index in [0.717, 1.165) is 21.0 Å². The van der Waals surface area contributed by atoms with Crippen LogP contribution in [-0.4, -0.2) is 11.3 Å². The van der Waals surface area contributed by atoms with Crippen molar-refractivity contribution in [2.45, 2.75) is 6.92 Å². The van der Waals surface area contributed by atoms with Gasteiger partial charge in [-0.25, -0.2) is 4.98 Å². The summed E-state index contributed by atoms with van der Waals surface area (Å²) in [5.74, 6) is 1.04. The number of aromatic nitrogens is 1. The van der Waals surface area contributed by atoms with Crippen LogP contribution in [0.25, 0.3) is 21.8 Å². The van der Waals surface area contributed by atoms with Gasteiger partial charge in [0.2, 0.25) is 0 Å². The van der Waals surface area contributed by atoms with Crippen molar-refractivity contribution in [1.82, 2.24) is 4.98 Å². The predicted molar refractivity (Wildman–Crippen MR) is 75.4 cm³/mol. The van der Waals surface area contributed by atoms with E-state index in [1.807, 2.05) is 43.5 Å². The first-order valence-electron chi connectivity index (χ1n) is 5.85. The summed E-state index contributed by atoms with van der Waals surface area (Å²) >= 11 is 1.64. The van der Waals surface area contributed by atoms with Crippen LogP contribution in [0.3, 0.4) is 0 Å². The molecule has 2 aromatic heterocycles. The van der Waals surface area contributed by atoms with E-state index in [9.17, 15) is 4.79 Å². The Morgan fingerprint density at radius 2 is 1.95 bits per heavy atom. The number of thiazole rings is 1. The van der Waals surface area contributed by atoms with Crippen LogP contribution in [-0.2, 0) is 0 Å². The number of hydrogen-bond donors (Lipinski definition) is 0. The van der Waals surface area contributed by atoms with E-state index < -0.39 is 0 Å². The summed E-state index contributed by atoms with van der Waals surface area (Å²) in [6, 6.07) is 11.4. The van der Waals surface area contributed by atoms with Gasteiger partial charge in [-0.3, -0.25) is 4.79 Å². The molecule has 3 nitrogen and oxygen atoms in total. The molecule has 0 N–H and O–H groups in total. The Morgan fingerprint density at radius 1 is 1.16 bits per heavy atom. The Labute approximate surface area is 114 Å². The molecule has 2 heterocycles. The second-order valence-electron chi connectivity index (χ2n) is 4.11. The molecule has 0 aliphatic heterocycles. The van der Waals surface area contributed by atoms with Gasteiger partial charge in [-0.15, -0.1) is 11.3 Å². The lowest BCUT2D eigenvalue weighted by atomic mass is 10.0. The number of aldehydes is 1. The standard InChI is InChI=1S/C15H11NO2S/c1-10-16-8-15(19-10)13-5-3-2-4-12(13)14-7-6-11(9-17)18-14/h2-9H,1H3. The minimum Gasteiger partial charge on any atom is -0.453 e. The fourth-order valence-corrected chi connectivity index (χ4v) is 2.78. The Kier molecular flexibility index (Phi) is 3.01. The van der Waals surface area contributed by atoms with E-state index in [1.54, 1.807) is 17.4 Å². The maximum absolute atomic E-state index is 10.7. The molecule has 0 radical (unpaired) electrons. The minimum atomic E-state index is 0.338. The van der Waals surface area contributed by atoms with Crippen LogP contribution in [0, 0.1) is 6.92 Å². The van der Waals surface area contributed by atoms with E-state index in [0.29, 0.717) is 17.8 Å². The fraction of sp³-hybridized carbons (Fsp3) is 0.0667. The molecule has 3 rings (SSSR count). The molecule has 3 aromatic rings. The predicted octanol–water partition coefficient (Wildman–Crippen LogP) is 4.19. The number of furan rings is 1. The van der Waals surface area contributed by atoms with E-state index in [-0.39, 0.29) is 0 Å². The van der Waals surface area contributed by atoms with Crippen LogP contribution in [0.2, 0.25) is 0 Å². The molecular weight excluding hydrogens is 258 g/mol. The van der Waals surface area contributed by atoms with Gasteiger partial charge in [-0.05, 0) is 19.1 Å². The monoisotopic (exact) mass is 269 g/mol. The SMILES string of the molecule is Cc1ncc(-c2ccccc2-c2ccc(C=O)o2)s1. The van der Waals surface area contributed by atoms with Gasteiger partial charge in [0.15, 0.2) is 12.0 Å². The topological polar surface area (TPSA) is 43.1 Å². The molecule has 0 saturated heterocycles. The third kappa shape index (κ3) is 2.22. The summed E-state index contributed by atoms with van der Waals surface area (Å²) in [7, 11) is 0. The molecule has 4 heteroatoms. The Bertz CT molecular complexity index is 727. The lowest BCUT2D eigenvalue weighted by Crippen LogP contribution is -1.80. The van der Waals surface area contributed by atoms with Crippen molar-refractivity contribution in [3.8, 4) is 21.8 Å². The summed E-state index contributed by atoms with van der Waals surface area (Å²) in [5.41, 5.74) is 2.04. The molecule has 19 heavy (non-hydrogen) atoms.